The van der Waals surface area contributed by atoms with E-state index in [1.807, 2.05) is 0 Å². The third-order valence-electron chi connectivity index (χ3n) is 2.22. The molecule has 0 aromatic carbocycles. The molecule has 6 heteroatoms. The van der Waals surface area contributed by atoms with Gasteiger partial charge in [-0.3, -0.25) is 0 Å². The molecule has 2 rings (SSSR count). The van der Waals surface area contributed by atoms with Gasteiger partial charge in [0.15, 0.2) is 9.84 Å². The predicted octanol–water partition coefficient (Wildman–Crippen LogP) is 0.390. The zero-order chi connectivity index (χ0) is 10.7. The Hall–Kier alpha value is -1.30. The van der Waals surface area contributed by atoms with Crippen LogP contribution in [0.15, 0.2) is 27.9 Å². The minimum atomic E-state index is -2.84. The van der Waals surface area contributed by atoms with Crippen LogP contribution in [0.3, 0.4) is 0 Å². The fourth-order valence-corrected chi connectivity index (χ4v) is 3.13. The molecule has 1 aromatic heterocycles. The molecule has 1 aliphatic heterocycles. The molecule has 0 amide bonds. The second kappa shape index (κ2) is 4.06. The van der Waals surface area contributed by atoms with Crippen molar-refractivity contribution in [2.24, 2.45) is 5.10 Å². The average molecular weight is 228 g/mol. The molecule has 0 saturated carbocycles. The van der Waals surface area contributed by atoms with Gasteiger partial charge in [-0.25, -0.2) is 8.42 Å². The molecule has 2 heterocycles. The van der Waals surface area contributed by atoms with Crippen LogP contribution < -0.4 is 5.43 Å². The summed E-state index contributed by atoms with van der Waals surface area (Å²) in [5.41, 5.74) is 2.81. The van der Waals surface area contributed by atoms with Crippen LogP contribution in [0.1, 0.15) is 12.2 Å². The van der Waals surface area contributed by atoms with E-state index in [2.05, 4.69) is 10.5 Å². The van der Waals surface area contributed by atoms with Crippen molar-refractivity contribution < 1.29 is 12.8 Å². The van der Waals surface area contributed by atoms with E-state index in [0.29, 0.717) is 12.2 Å². The van der Waals surface area contributed by atoms with Gasteiger partial charge in [0, 0.05) is 0 Å². The molecule has 1 saturated heterocycles. The summed E-state index contributed by atoms with van der Waals surface area (Å²) in [4.78, 5) is 0. The Labute approximate surface area is 88.1 Å². The molecule has 0 bridgehead atoms. The molecule has 0 aliphatic carbocycles. The number of sulfone groups is 1. The monoisotopic (exact) mass is 228 g/mol. The van der Waals surface area contributed by atoms with Crippen LogP contribution in [0.25, 0.3) is 0 Å². The van der Waals surface area contributed by atoms with E-state index in [-0.39, 0.29) is 17.5 Å². The molecule has 15 heavy (non-hydrogen) atoms. The SMILES string of the molecule is O=S1(=O)CC[C@@H](N/N=C\c2ccco2)C1. The van der Waals surface area contributed by atoms with Gasteiger partial charge in [-0.05, 0) is 18.6 Å². The maximum absolute atomic E-state index is 11.1. The fourth-order valence-electron chi connectivity index (χ4n) is 1.47. The molecule has 1 N–H and O–H groups in total. The van der Waals surface area contributed by atoms with Crippen molar-refractivity contribution in [1.82, 2.24) is 5.43 Å². The molecule has 0 unspecified atom stereocenters. The number of hydrogen-bond acceptors (Lipinski definition) is 5. The lowest BCUT2D eigenvalue weighted by atomic mass is 10.3. The Kier molecular flexibility index (Phi) is 2.77. The van der Waals surface area contributed by atoms with E-state index in [4.69, 9.17) is 4.42 Å². The highest BCUT2D eigenvalue weighted by Gasteiger charge is 2.27. The van der Waals surface area contributed by atoms with Crippen LogP contribution >= 0.6 is 0 Å². The van der Waals surface area contributed by atoms with E-state index in [1.54, 1.807) is 18.4 Å². The fraction of sp³-hybridized carbons (Fsp3) is 0.444. The van der Waals surface area contributed by atoms with Crippen LogP contribution in [-0.2, 0) is 9.84 Å². The molecule has 1 aliphatic rings. The van der Waals surface area contributed by atoms with E-state index in [1.165, 1.54) is 6.21 Å². The molecule has 5 nitrogen and oxygen atoms in total. The summed E-state index contributed by atoms with van der Waals surface area (Å²) in [6, 6.07) is 3.47. The summed E-state index contributed by atoms with van der Waals surface area (Å²) in [6.07, 6.45) is 3.71. The number of nitrogens with zero attached hydrogens (tertiary/aromatic N) is 1. The normalized spacial score (nSPS) is 24.7. The first kappa shape index (κ1) is 10.2. The molecular weight excluding hydrogens is 216 g/mol. The summed E-state index contributed by atoms with van der Waals surface area (Å²) in [5, 5.41) is 3.93. The number of hydrazone groups is 1. The van der Waals surface area contributed by atoms with Crippen LogP contribution in [0.2, 0.25) is 0 Å². The van der Waals surface area contributed by atoms with Gasteiger partial charge in [0.2, 0.25) is 0 Å². The quantitative estimate of drug-likeness (QED) is 0.600. The zero-order valence-electron chi connectivity index (χ0n) is 8.09. The second-order valence-electron chi connectivity index (χ2n) is 3.50. The second-order valence-corrected chi connectivity index (χ2v) is 5.73. The molecule has 1 aromatic rings. The molecular formula is C9H12N2O3S. The largest absolute Gasteiger partial charge is 0.463 e. The summed E-state index contributed by atoms with van der Waals surface area (Å²) in [6.45, 7) is 0. The van der Waals surface area contributed by atoms with Crippen molar-refractivity contribution in [1.29, 1.82) is 0 Å². The Morgan fingerprint density at radius 2 is 2.47 bits per heavy atom. The lowest BCUT2D eigenvalue weighted by molar-refractivity contribution is 0.553. The van der Waals surface area contributed by atoms with Gasteiger partial charge < -0.3 is 9.84 Å². The van der Waals surface area contributed by atoms with Crippen LogP contribution in [-0.4, -0.2) is 32.2 Å². The maximum Gasteiger partial charge on any atom is 0.152 e. The molecule has 0 spiro atoms. The van der Waals surface area contributed by atoms with Crippen LogP contribution in [0.4, 0.5) is 0 Å². The van der Waals surface area contributed by atoms with Crippen molar-refractivity contribution >= 4 is 16.1 Å². The van der Waals surface area contributed by atoms with Crippen LogP contribution in [0, 0.1) is 0 Å². The van der Waals surface area contributed by atoms with Gasteiger partial charge in [0.05, 0.1) is 30.0 Å². The van der Waals surface area contributed by atoms with Crippen molar-refractivity contribution in [3.05, 3.63) is 24.2 Å². The first-order valence-electron chi connectivity index (χ1n) is 4.68. The first-order chi connectivity index (χ1) is 7.16. The highest BCUT2D eigenvalue weighted by atomic mass is 32.2. The van der Waals surface area contributed by atoms with E-state index < -0.39 is 9.84 Å². The van der Waals surface area contributed by atoms with Crippen molar-refractivity contribution in [2.75, 3.05) is 11.5 Å². The summed E-state index contributed by atoms with van der Waals surface area (Å²) in [7, 11) is -2.84. The number of nitrogens with one attached hydrogen (secondary N) is 1. The Bertz CT molecular complexity index is 436. The molecule has 82 valence electrons. The highest BCUT2D eigenvalue weighted by molar-refractivity contribution is 7.91. The third-order valence-corrected chi connectivity index (χ3v) is 3.99. The maximum atomic E-state index is 11.1. The first-order valence-corrected chi connectivity index (χ1v) is 6.50. The highest BCUT2D eigenvalue weighted by Crippen LogP contribution is 2.10. The summed E-state index contributed by atoms with van der Waals surface area (Å²) < 4.78 is 27.3. The lowest BCUT2D eigenvalue weighted by Gasteiger charge is -2.04. The summed E-state index contributed by atoms with van der Waals surface area (Å²) in [5.74, 6) is 1.06. The van der Waals surface area contributed by atoms with Gasteiger partial charge in [-0.2, -0.15) is 5.10 Å². The predicted molar refractivity (Wildman–Crippen MR) is 56.5 cm³/mol. The molecule has 1 atom stereocenters. The van der Waals surface area contributed by atoms with Crippen LogP contribution in [0.5, 0.6) is 0 Å². The minimum absolute atomic E-state index is 0.0683. The zero-order valence-corrected chi connectivity index (χ0v) is 8.90. The summed E-state index contributed by atoms with van der Waals surface area (Å²) >= 11 is 0. The Balaban J connectivity index is 1.85. The van der Waals surface area contributed by atoms with Gasteiger partial charge >= 0.3 is 0 Å². The average Bonchev–Trinajstić information content (AvgIpc) is 2.76. The van der Waals surface area contributed by atoms with Crippen molar-refractivity contribution in [3.8, 4) is 0 Å². The van der Waals surface area contributed by atoms with E-state index in [9.17, 15) is 8.42 Å². The number of hydrogen-bond donors (Lipinski definition) is 1. The van der Waals surface area contributed by atoms with Gasteiger partial charge in [0.25, 0.3) is 0 Å². The van der Waals surface area contributed by atoms with Crippen molar-refractivity contribution in [2.45, 2.75) is 12.5 Å². The van der Waals surface area contributed by atoms with Gasteiger partial charge in [-0.1, -0.05) is 0 Å². The van der Waals surface area contributed by atoms with E-state index in [0.717, 1.165) is 0 Å². The lowest BCUT2D eigenvalue weighted by Crippen LogP contribution is -2.25. The molecule has 1 fully saturated rings. The standard InChI is InChI=1S/C9H12N2O3S/c12-15(13)5-3-8(7-15)11-10-6-9-2-1-4-14-9/h1-2,4,6,8,11H,3,5,7H2/b10-6-/t8-/m1/s1. The minimum Gasteiger partial charge on any atom is -0.463 e. The van der Waals surface area contributed by atoms with Gasteiger partial charge in [-0.15, -0.1) is 0 Å². The number of furan rings is 1. The third kappa shape index (κ3) is 2.82. The smallest absolute Gasteiger partial charge is 0.152 e. The van der Waals surface area contributed by atoms with Crippen molar-refractivity contribution in [3.63, 3.8) is 0 Å². The number of rotatable bonds is 3. The molecule has 0 radical (unpaired) electrons. The Morgan fingerprint density at radius 1 is 1.60 bits per heavy atom. The van der Waals surface area contributed by atoms with E-state index >= 15 is 0 Å². The topological polar surface area (TPSA) is 71.7 Å². The Morgan fingerprint density at radius 3 is 3.07 bits per heavy atom. The van der Waals surface area contributed by atoms with Gasteiger partial charge in [0.1, 0.15) is 5.76 Å².